The molecular weight excluding hydrogens is 468 g/mol. The Morgan fingerprint density at radius 2 is 1.05 bits per heavy atom. The SMILES string of the molecule is O=C(/C=C/c1ccccc1)N1C[C@H](Cc2ccccc2)N(C(=O)c2ccccc2)C[C@@H]1Cc1ccccc1. The second-order valence-electron chi connectivity index (χ2n) is 9.75. The number of benzene rings is 4. The van der Waals surface area contributed by atoms with Crippen LogP contribution in [0, 0.1) is 0 Å². The third kappa shape index (κ3) is 6.27. The topological polar surface area (TPSA) is 40.6 Å². The van der Waals surface area contributed by atoms with E-state index in [1.165, 1.54) is 0 Å². The zero-order valence-electron chi connectivity index (χ0n) is 21.4. The Balaban J connectivity index is 1.47. The minimum absolute atomic E-state index is 0.0107. The maximum absolute atomic E-state index is 13.8. The van der Waals surface area contributed by atoms with E-state index in [0.29, 0.717) is 31.5 Å². The van der Waals surface area contributed by atoms with E-state index in [1.54, 1.807) is 6.08 Å². The molecule has 0 saturated carbocycles. The Labute approximate surface area is 224 Å². The highest BCUT2D eigenvalue weighted by Crippen LogP contribution is 2.24. The van der Waals surface area contributed by atoms with Gasteiger partial charge in [-0.2, -0.15) is 0 Å². The lowest BCUT2D eigenvalue weighted by atomic mass is 9.94. The van der Waals surface area contributed by atoms with Crippen molar-refractivity contribution < 1.29 is 9.59 Å². The van der Waals surface area contributed by atoms with Crippen molar-refractivity contribution in [2.75, 3.05) is 13.1 Å². The highest BCUT2D eigenvalue weighted by Gasteiger charge is 2.38. The first-order valence-electron chi connectivity index (χ1n) is 13.1. The molecule has 0 bridgehead atoms. The Bertz CT molecular complexity index is 1360. The molecule has 1 saturated heterocycles. The normalized spacial score (nSPS) is 17.5. The Morgan fingerprint density at radius 1 is 0.605 bits per heavy atom. The van der Waals surface area contributed by atoms with Gasteiger partial charge in [0, 0.05) is 24.7 Å². The van der Waals surface area contributed by atoms with Gasteiger partial charge in [-0.3, -0.25) is 9.59 Å². The van der Waals surface area contributed by atoms with Gasteiger partial charge in [-0.05, 0) is 47.7 Å². The van der Waals surface area contributed by atoms with Crippen LogP contribution in [0.25, 0.3) is 6.08 Å². The molecule has 2 atom stereocenters. The van der Waals surface area contributed by atoms with Gasteiger partial charge in [0.1, 0.15) is 0 Å². The molecule has 0 unspecified atom stereocenters. The molecule has 4 aromatic rings. The van der Waals surface area contributed by atoms with Gasteiger partial charge in [0.15, 0.2) is 0 Å². The van der Waals surface area contributed by atoms with Crippen molar-refractivity contribution in [2.24, 2.45) is 0 Å². The average Bonchev–Trinajstić information content (AvgIpc) is 2.98. The Morgan fingerprint density at radius 3 is 1.61 bits per heavy atom. The molecule has 4 nitrogen and oxygen atoms in total. The van der Waals surface area contributed by atoms with Crippen molar-refractivity contribution in [3.63, 3.8) is 0 Å². The van der Waals surface area contributed by atoms with Gasteiger partial charge < -0.3 is 9.80 Å². The minimum Gasteiger partial charge on any atom is -0.332 e. The first-order valence-corrected chi connectivity index (χ1v) is 13.1. The summed E-state index contributed by atoms with van der Waals surface area (Å²) in [4.78, 5) is 31.4. The molecular formula is C34H32N2O2. The first kappa shape index (κ1) is 25.2. The highest BCUT2D eigenvalue weighted by molar-refractivity contribution is 5.95. The second-order valence-corrected chi connectivity index (χ2v) is 9.75. The zero-order valence-corrected chi connectivity index (χ0v) is 21.4. The summed E-state index contributed by atoms with van der Waals surface area (Å²) < 4.78 is 0. The van der Waals surface area contributed by atoms with Crippen LogP contribution in [-0.4, -0.2) is 46.8 Å². The van der Waals surface area contributed by atoms with Crippen LogP contribution >= 0.6 is 0 Å². The smallest absolute Gasteiger partial charge is 0.254 e. The van der Waals surface area contributed by atoms with Gasteiger partial charge in [-0.25, -0.2) is 0 Å². The molecule has 4 aromatic carbocycles. The Kier molecular flexibility index (Phi) is 8.10. The number of nitrogens with zero attached hydrogens (tertiary/aromatic N) is 2. The average molecular weight is 501 g/mol. The highest BCUT2D eigenvalue weighted by atomic mass is 16.2. The quantitative estimate of drug-likeness (QED) is 0.296. The van der Waals surface area contributed by atoms with Crippen molar-refractivity contribution in [2.45, 2.75) is 24.9 Å². The van der Waals surface area contributed by atoms with E-state index in [-0.39, 0.29) is 23.9 Å². The van der Waals surface area contributed by atoms with Gasteiger partial charge in [0.25, 0.3) is 5.91 Å². The molecule has 0 radical (unpaired) electrons. The number of carbonyl (C=O) groups is 2. The van der Waals surface area contributed by atoms with Gasteiger partial charge >= 0.3 is 0 Å². The van der Waals surface area contributed by atoms with Gasteiger partial charge in [0.05, 0.1) is 12.1 Å². The fourth-order valence-electron chi connectivity index (χ4n) is 5.16. The largest absolute Gasteiger partial charge is 0.332 e. The van der Waals surface area contributed by atoms with Crippen LogP contribution in [0.15, 0.2) is 127 Å². The van der Waals surface area contributed by atoms with Crippen LogP contribution in [0.2, 0.25) is 0 Å². The van der Waals surface area contributed by atoms with E-state index < -0.39 is 0 Å². The molecule has 1 fully saturated rings. The van der Waals surface area contributed by atoms with Crippen molar-refractivity contribution in [1.82, 2.24) is 9.80 Å². The molecule has 1 aliphatic rings. The molecule has 4 heteroatoms. The van der Waals surface area contributed by atoms with Gasteiger partial charge in [-0.1, -0.05) is 109 Å². The molecule has 2 amide bonds. The van der Waals surface area contributed by atoms with Crippen LogP contribution in [0.4, 0.5) is 0 Å². The molecule has 0 aromatic heterocycles. The van der Waals surface area contributed by atoms with E-state index in [2.05, 4.69) is 24.3 Å². The number of hydrogen-bond acceptors (Lipinski definition) is 2. The monoisotopic (exact) mass is 500 g/mol. The summed E-state index contributed by atoms with van der Waals surface area (Å²) in [5, 5.41) is 0. The number of amides is 2. The summed E-state index contributed by atoms with van der Waals surface area (Å²) in [6, 6.07) is 39.5. The van der Waals surface area contributed by atoms with Gasteiger partial charge in [-0.15, -0.1) is 0 Å². The lowest BCUT2D eigenvalue weighted by Gasteiger charge is -2.46. The maximum Gasteiger partial charge on any atom is 0.254 e. The summed E-state index contributed by atoms with van der Waals surface area (Å²) in [6.07, 6.45) is 4.91. The second kappa shape index (κ2) is 12.2. The fraction of sp³-hybridized carbons (Fsp3) is 0.176. The third-order valence-electron chi connectivity index (χ3n) is 7.11. The lowest BCUT2D eigenvalue weighted by Crippen LogP contribution is -2.62. The first-order chi connectivity index (χ1) is 18.7. The summed E-state index contributed by atoms with van der Waals surface area (Å²) in [5.74, 6) is -0.0174. The molecule has 190 valence electrons. The van der Waals surface area contributed by atoms with Crippen LogP contribution in [0.3, 0.4) is 0 Å². The standard InChI is InChI=1S/C34H32N2O2/c37-33(22-21-27-13-5-1-6-14-27)35-25-32(24-29-17-9-3-10-18-29)36(34(38)30-19-11-4-12-20-30)26-31(35)23-28-15-7-2-8-16-28/h1-22,31-32H,23-26H2/b22-21+/t31-,32-/m0/s1. The van der Waals surface area contributed by atoms with Crippen molar-refractivity contribution in [3.8, 4) is 0 Å². The zero-order chi connectivity index (χ0) is 26.2. The van der Waals surface area contributed by atoms with Crippen molar-refractivity contribution in [3.05, 3.63) is 150 Å². The van der Waals surface area contributed by atoms with E-state index in [0.717, 1.165) is 16.7 Å². The Hall–Kier alpha value is -4.44. The molecule has 1 aliphatic heterocycles. The molecule has 0 spiro atoms. The van der Waals surface area contributed by atoms with Crippen molar-refractivity contribution in [1.29, 1.82) is 0 Å². The van der Waals surface area contributed by atoms with E-state index in [1.807, 2.05) is 113 Å². The predicted octanol–water partition coefficient (Wildman–Crippen LogP) is 5.91. The predicted molar refractivity (Wildman–Crippen MR) is 153 cm³/mol. The molecule has 0 N–H and O–H groups in total. The van der Waals surface area contributed by atoms with Crippen molar-refractivity contribution >= 4 is 17.9 Å². The summed E-state index contributed by atoms with van der Waals surface area (Å²) in [6.45, 7) is 0.952. The molecule has 1 heterocycles. The molecule has 5 rings (SSSR count). The number of piperazine rings is 1. The van der Waals surface area contributed by atoms with Crippen LogP contribution in [-0.2, 0) is 17.6 Å². The number of rotatable bonds is 7. The van der Waals surface area contributed by atoms with E-state index in [9.17, 15) is 9.59 Å². The molecule has 0 aliphatic carbocycles. The molecule has 38 heavy (non-hydrogen) atoms. The summed E-state index contributed by atoms with van der Waals surface area (Å²) in [7, 11) is 0. The summed E-state index contributed by atoms with van der Waals surface area (Å²) >= 11 is 0. The number of hydrogen-bond donors (Lipinski definition) is 0. The number of carbonyl (C=O) groups excluding carboxylic acids is 2. The lowest BCUT2D eigenvalue weighted by molar-refractivity contribution is -0.131. The third-order valence-corrected chi connectivity index (χ3v) is 7.11. The maximum atomic E-state index is 13.8. The van der Waals surface area contributed by atoms with E-state index >= 15 is 0 Å². The van der Waals surface area contributed by atoms with Crippen LogP contribution < -0.4 is 0 Å². The van der Waals surface area contributed by atoms with E-state index in [4.69, 9.17) is 0 Å². The summed E-state index contributed by atoms with van der Waals surface area (Å²) in [5.41, 5.74) is 3.96. The minimum atomic E-state index is -0.134. The van der Waals surface area contributed by atoms with Crippen LogP contribution in [0.1, 0.15) is 27.0 Å². The van der Waals surface area contributed by atoms with Crippen LogP contribution in [0.5, 0.6) is 0 Å². The van der Waals surface area contributed by atoms with Gasteiger partial charge in [0.2, 0.25) is 5.91 Å². The fourth-order valence-corrected chi connectivity index (χ4v) is 5.16.